The van der Waals surface area contributed by atoms with Gasteiger partial charge >= 0.3 is 5.69 Å². The molecular formula is C23H17N7O3S. The lowest BCUT2D eigenvalue weighted by molar-refractivity contribution is -0.383. The summed E-state index contributed by atoms with van der Waals surface area (Å²) in [4.78, 5) is 36.5. The standard InChI is InChI=1S/C23H17N7O3S/c1-13-9-10-17-18(11-13)34-23(26-17)27-20-19(30(32)33)21(25-12-24-20)28-29-22(31)16-8-4-6-14-5-2-3-7-15(14)16/h2-12H,1H3,(H,29,31)(H2,24,25,26,27,28). The van der Waals surface area contributed by atoms with Crippen molar-refractivity contribution < 1.29 is 9.72 Å². The third-order valence-corrected chi connectivity index (χ3v) is 6.04. The number of carbonyl (C=O) groups excluding carboxylic acids is 1. The molecule has 0 unspecified atom stereocenters. The summed E-state index contributed by atoms with van der Waals surface area (Å²) in [6.07, 6.45) is 1.17. The number of nitrogens with zero attached hydrogens (tertiary/aromatic N) is 4. The highest BCUT2D eigenvalue weighted by atomic mass is 32.1. The molecule has 34 heavy (non-hydrogen) atoms. The predicted octanol–water partition coefficient (Wildman–Crippen LogP) is 4.96. The highest BCUT2D eigenvalue weighted by molar-refractivity contribution is 7.22. The van der Waals surface area contributed by atoms with E-state index in [1.807, 2.05) is 55.5 Å². The third-order valence-electron chi connectivity index (χ3n) is 5.10. The maximum absolute atomic E-state index is 12.8. The van der Waals surface area contributed by atoms with E-state index in [0.29, 0.717) is 10.7 Å². The molecule has 11 heteroatoms. The molecule has 0 spiro atoms. The molecule has 2 heterocycles. The zero-order valence-corrected chi connectivity index (χ0v) is 18.6. The van der Waals surface area contributed by atoms with Gasteiger partial charge in [-0.25, -0.2) is 15.0 Å². The van der Waals surface area contributed by atoms with Crippen LogP contribution in [0.3, 0.4) is 0 Å². The first-order chi connectivity index (χ1) is 16.5. The lowest BCUT2D eigenvalue weighted by Gasteiger charge is -2.11. The Morgan fingerprint density at radius 2 is 1.82 bits per heavy atom. The molecular weight excluding hydrogens is 454 g/mol. The quantitative estimate of drug-likeness (QED) is 0.234. The van der Waals surface area contributed by atoms with Crippen molar-refractivity contribution in [1.29, 1.82) is 0 Å². The first-order valence-corrected chi connectivity index (χ1v) is 11.0. The number of hydrogen-bond donors (Lipinski definition) is 3. The van der Waals surface area contributed by atoms with Gasteiger partial charge in [0, 0.05) is 5.56 Å². The van der Waals surface area contributed by atoms with Crippen molar-refractivity contribution in [1.82, 2.24) is 20.4 Å². The summed E-state index contributed by atoms with van der Waals surface area (Å²) in [5.74, 6) is -0.661. The fourth-order valence-corrected chi connectivity index (χ4v) is 4.49. The number of fused-ring (bicyclic) bond motifs is 2. The van der Waals surface area contributed by atoms with E-state index in [0.717, 1.165) is 26.6 Å². The van der Waals surface area contributed by atoms with Crippen molar-refractivity contribution >= 4 is 60.7 Å². The molecule has 10 nitrogen and oxygen atoms in total. The number of carbonyl (C=O) groups is 1. The Morgan fingerprint density at radius 3 is 2.68 bits per heavy atom. The van der Waals surface area contributed by atoms with Gasteiger partial charge in [-0.15, -0.1) is 0 Å². The van der Waals surface area contributed by atoms with E-state index in [2.05, 4.69) is 31.1 Å². The van der Waals surface area contributed by atoms with Gasteiger partial charge in [-0.3, -0.25) is 25.8 Å². The lowest BCUT2D eigenvalue weighted by Crippen LogP contribution is -2.30. The fraction of sp³-hybridized carbons (Fsp3) is 0.0435. The number of benzene rings is 3. The average Bonchev–Trinajstić information content (AvgIpc) is 3.23. The van der Waals surface area contributed by atoms with E-state index in [-0.39, 0.29) is 11.6 Å². The van der Waals surface area contributed by atoms with Crippen LogP contribution in [-0.2, 0) is 0 Å². The number of hydrogen-bond acceptors (Lipinski definition) is 9. The summed E-state index contributed by atoms with van der Waals surface area (Å²) in [7, 11) is 0. The molecule has 5 rings (SSSR count). The number of nitro groups is 1. The van der Waals surface area contributed by atoms with Gasteiger partial charge in [-0.2, -0.15) is 0 Å². The second-order valence-electron chi connectivity index (χ2n) is 7.40. The van der Waals surface area contributed by atoms with Crippen LogP contribution in [0.1, 0.15) is 15.9 Å². The van der Waals surface area contributed by atoms with Gasteiger partial charge in [-0.05, 0) is 41.5 Å². The van der Waals surface area contributed by atoms with Crippen molar-refractivity contribution in [2.24, 2.45) is 0 Å². The second kappa shape index (κ2) is 8.71. The van der Waals surface area contributed by atoms with E-state index < -0.39 is 16.5 Å². The molecule has 168 valence electrons. The predicted molar refractivity (Wildman–Crippen MR) is 131 cm³/mol. The van der Waals surface area contributed by atoms with E-state index in [9.17, 15) is 14.9 Å². The van der Waals surface area contributed by atoms with E-state index >= 15 is 0 Å². The lowest BCUT2D eigenvalue weighted by atomic mass is 10.0. The van der Waals surface area contributed by atoms with Crippen LogP contribution < -0.4 is 16.2 Å². The van der Waals surface area contributed by atoms with Crippen LogP contribution in [0.5, 0.6) is 0 Å². The molecule has 2 aromatic heterocycles. The summed E-state index contributed by atoms with van der Waals surface area (Å²) in [6.45, 7) is 1.98. The monoisotopic (exact) mass is 471 g/mol. The summed E-state index contributed by atoms with van der Waals surface area (Å²) < 4.78 is 0.944. The normalized spacial score (nSPS) is 10.9. The van der Waals surface area contributed by atoms with Gasteiger partial charge in [0.15, 0.2) is 5.13 Å². The number of anilines is 3. The van der Waals surface area contributed by atoms with Crippen LogP contribution in [-0.4, -0.2) is 25.8 Å². The van der Waals surface area contributed by atoms with Crippen LogP contribution in [0.15, 0.2) is 67.0 Å². The summed E-state index contributed by atoms with van der Waals surface area (Å²) in [6, 6.07) is 18.6. The highest BCUT2D eigenvalue weighted by Crippen LogP contribution is 2.34. The van der Waals surface area contributed by atoms with Gasteiger partial charge in [0.25, 0.3) is 5.91 Å². The largest absolute Gasteiger partial charge is 0.355 e. The molecule has 3 N–H and O–H groups in total. The van der Waals surface area contributed by atoms with E-state index in [4.69, 9.17) is 0 Å². The Labute approximate surface area is 196 Å². The molecule has 5 aromatic rings. The number of aryl methyl sites for hydroxylation is 1. The maximum Gasteiger partial charge on any atom is 0.355 e. The Morgan fingerprint density at radius 1 is 1.03 bits per heavy atom. The SMILES string of the molecule is Cc1ccc2nc(Nc3ncnc(NNC(=O)c4cccc5ccccc45)c3[N+](=O)[O-])sc2c1. The second-order valence-corrected chi connectivity index (χ2v) is 8.43. The minimum absolute atomic E-state index is 0.0438. The van der Waals surface area contributed by atoms with Crippen LogP contribution >= 0.6 is 11.3 Å². The van der Waals surface area contributed by atoms with Crippen LogP contribution in [0.25, 0.3) is 21.0 Å². The molecule has 0 atom stereocenters. The Bertz CT molecular complexity index is 1560. The van der Waals surface area contributed by atoms with Gasteiger partial charge in [-0.1, -0.05) is 53.8 Å². The molecule has 1 amide bonds. The fourth-order valence-electron chi connectivity index (χ4n) is 3.53. The molecule has 0 fully saturated rings. The molecule has 3 aromatic carbocycles. The van der Waals surface area contributed by atoms with Crippen molar-refractivity contribution in [3.63, 3.8) is 0 Å². The average molecular weight is 472 g/mol. The molecule has 0 aliphatic carbocycles. The highest BCUT2D eigenvalue weighted by Gasteiger charge is 2.24. The van der Waals surface area contributed by atoms with Crippen molar-refractivity contribution in [2.75, 3.05) is 10.7 Å². The Kier molecular flexibility index (Phi) is 5.44. The van der Waals surface area contributed by atoms with Crippen LogP contribution in [0.2, 0.25) is 0 Å². The smallest absolute Gasteiger partial charge is 0.310 e. The van der Waals surface area contributed by atoms with Crippen molar-refractivity contribution in [3.05, 3.63) is 88.2 Å². The van der Waals surface area contributed by atoms with Gasteiger partial charge < -0.3 is 5.32 Å². The zero-order valence-electron chi connectivity index (χ0n) is 17.8. The zero-order chi connectivity index (χ0) is 23.7. The summed E-state index contributed by atoms with van der Waals surface area (Å²) in [5, 5.41) is 16.9. The molecule has 0 aliphatic rings. The maximum atomic E-state index is 12.8. The van der Waals surface area contributed by atoms with Crippen LogP contribution in [0.4, 0.5) is 22.5 Å². The molecule has 0 saturated heterocycles. The number of nitrogens with one attached hydrogen (secondary N) is 3. The minimum Gasteiger partial charge on any atom is -0.310 e. The molecule has 0 bridgehead atoms. The molecule has 0 aliphatic heterocycles. The first kappa shape index (κ1) is 21.2. The Hall–Kier alpha value is -4.64. The minimum atomic E-state index is -0.619. The van der Waals surface area contributed by atoms with Gasteiger partial charge in [0.1, 0.15) is 6.33 Å². The number of hydrazine groups is 1. The number of rotatable bonds is 6. The summed E-state index contributed by atoms with van der Waals surface area (Å²) >= 11 is 1.35. The number of thiazole rings is 1. The first-order valence-electron chi connectivity index (χ1n) is 10.2. The number of aromatic nitrogens is 3. The topological polar surface area (TPSA) is 135 Å². The summed E-state index contributed by atoms with van der Waals surface area (Å²) in [5.41, 5.74) is 6.93. The van der Waals surface area contributed by atoms with Gasteiger partial charge in [0.05, 0.1) is 15.1 Å². The van der Waals surface area contributed by atoms with E-state index in [1.165, 1.54) is 17.7 Å². The van der Waals surface area contributed by atoms with Crippen molar-refractivity contribution in [3.8, 4) is 0 Å². The van der Waals surface area contributed by atoms with E-state index in [1.54, 1.807) is 12.1 Å². The Balaban J connectivity index is 1.41. The third kappa shape index (κ3) is 4.07. The van der Waals surface area contributed by atoms with Crippen LogP contribution in [0, 0.1) is 17.0 Å². The number of amides is 1. The molecule has 0 radical (unpaired) electrons. The van der Waals surface area contributed by atoms with Crippen molar-refractivity contribution in [2.45, 2.75) is 6.92 Å². The molecule has 0 saturated carbocycles. The van der Waals surface area contributed by atoms with Gasteiger partial charge in [0.2, 0.25) is 11.6 Å².